The third-order valence-corrected chi connectivity index (χ3v) is 0.910. The maximum atomic E-state index is 4.66. The second kappa shape index (κ2) is 4.57. The monoisotopic (exact) mass is 291 g/mol. The summed E-state index contributed by atoms with van der Waals surface area (Å²) in [5.41, 5.74) is 0. The third-order valence-electron chi connectivity index (χ3n) is 0.910. The van der Waals surface area contributed by atoms with Crippen molar-refractivity contribution in [3.05, 3.63) is 37.4 Å². The molecule has 1 rings (SSSR count). The maximum Gasteiger partial charge on any atom is 2.00 e. The average Bonchev–Trinajstić information content (AvgIpc) is 1.90. The minimum Gasteiger partial charge on any atom is -0.665 e. The van der Waals surface area contributed by atoms with Crippen LogP contribution in [0.3, 0.4) is 0 Å². The van der Waals surface area contributed by atoms with Crippen molar-refractivity contribution in [3.63, 3.8) is 0 Å². The first kappa shape index (κ1) is 8.71. The summed E-state index contributed by atoms with van der Waals surface area (Å²) in [6.07, 6.45) is 0. The summed E-state index contributed by atoms with van der Waals surface area (Å²) >= 11 is 0. The fourth-order valence-corrected chi connectivity index (χ4v) is 0.517. The fraction of sp³-hybridized carbons (Fsp3) is 0. The molecule has 2 heteroatoms. The fourth-order valence-electron chi connectivity index (χ4n) is 0.517. The molecule has 0 heterocycles. The van der Waals surface area contributed by atoms with Crippen LogP contribution >= 0.6 is 0 Å². The number of para-hydroxylation sites is 1. The van der Waals surface area contributed by atoms with E-state index in [1.54, 1.807) is 0 Å². The predicted octanol–water partition coefficient (Wildman–Crippen LogP) is 1.85. The SMILES string of the molecule is [CH2-]Oc1ccccc1.[W+2]. The molecule has 0 aliphatic rings. The minimum absolute atomic E-state index is 0. The van der Waals surface area contributed by atoms with E-state index in [9.17, 15) is 0 Å². The number of rotatable bonds is 1. The number of ether oxygens (including phenoxy) is 1. The Morgan fingerprint density at radius 1 is 1.11 bits per heavy atom. The van der Waals surface area contributed by atoms with Crippen LogP contribution in [0.25, 0.3) is 0 Å². The van der Waals surface area contributed by atoms with Crippen molar-refractivity contribution in [2.75, 3.05) is 0 Å². The molecule has 0 fully saturated rings. The molecule has 0 unspecified atom stereocenters. The van der Waals surface area contributed by atoms with Crippen LogP contribution in [0.15, 0.2) is 30.3 Å². The first-order chi connectivity index (χ1) is 3.93. The van der Waals surface area contributed by atoms with E-state index in [0.29, 0.717) is 0 Å². The number of hydrogen-bond acceptors (Lipinski definition) is 1. The van der Waals surface area contributed by atoms with Crippen LogP contribution in [0.4, 0.5) is 0 Å². The predicted molar refractivity (Wildman–Crippen MR) is 32.4 cm³/mol. The summed E-state index contributed by atoms with van der Waals surface area (Å²) in [6.45, 7) is 0. The molecule has 9 heavy (non-hydrogen) atoms. The van der Waals surface area contributed by atoms with Crippen molar-refractivity contribution in [3.8, 4) is 5.75 Å². The van der Waals surface area contributed by atoms with Crippen molar-refractivity contribution >= 4 is 0 Å². The summed E-state index contributed by atoms with van der Waals surface area (Å²) in [6, 6.07) is 9.45. The molecular weight excluding hydrogens is 284 g/mol. The van der Waals surface area contributed by atoms with Gasteiger partial charge < -0.3 is 4.74 Å². The van der Waals surface area contributed by atoms with Crippen molar-refractivity contribution in [1.29, 1.82) is 0 Å². The molecule has 1 aromatic carbocycles. The number of hydrogen-bond donors (Lipinski definition) is 0. The van der Waals surface area contributed by atoms with Crippen LogP contribution in [0, 0.1) is 7.11 Å². The van der Waals surface area contributed by atoms with E-state index in [-0.39, 0.29) is 21.1 Å². The van der Waals surface area contributed by atoms with Gasteiger partial charge >= 0.3 is 21.1 Å². The Hall–Kier alpha value is -0.292. The van der Waals surface area contributed by atoms with Gasteiger partial charge in [-0.15, -0.1) is 0 Å². The van der Waals surface area contributed by atoms with Gasteiger partial charge in [0.1, 0.15) is 0 Å². The standard InChI is InChI=1S/C7H7O.W/c1-8-7-5-3-2-4-6-7;/h2-6H,1H2;/q-1;+2. The van der Waals surface area contributed by atoms with E-state index >= 15 is 0 Å². The normalized spacial score (nSPS) is 7.67. The second-order valence-corrected chi connectivity index (χ2v) is 1.46. The molecular formula is C7H7OW+. The Kier molecular flexibility index (Phi) is 4.43. The maximum absolute atomic E-state index is 4.66. The smallest absolute Gasteiger partial charge is 0.665 e. The molecule has 0 atom stereocenters. The topological polar surface area (TPSA) is 9.23 Å². The van der Waals surface area contributed by atoms with Crippen LogP contribution in [-0.2, 0) is 21.1 Å². The van der Waals surface area contributed by atoms with E-state index in [1.165, 1.54) is 0 Å². The molecule has 0 aliphatic heterocycles. The van der Waals surface area contributed by atoms with Gasteiger partial charge in [0, 0.05) is 0 Å². The summed E-state index contributed by atoms with van der Waals surface area (Å²) in [5.74, 6) is 0.799. The first-order valence-corrected chi connectivity index (χ1v) is 2.40. The van der Waals surface area contributed by atoms with Crippen molar-refractivity contribution in [2.24, 2.45) is 0 Å². The van der Waals surface area contributed by atoms with Gasteiger partial charge in [0.2, 0.25) is 0 Å². The van der Waals surface area contributed by atoms with E-state index in [2.05, 4.69) is 11.8 Å². The van der Waals surface area contributed by atoms with Gasteiger partial charge in [-0.1, -0.05) is 18.2 Å². The van der Waals surface area contributed by atoms with Crippen molar-refractivity contribution in [2.45, 2.75) is 0 Å². The van der Waals surface area contributed by atoms with Crippen LogP contribution in [0.5, 0.6) is 5.75 Å². The molecule has 46 valence electrons. The Morgan fingerprint density at radius 2 is 1.67 bits per heavy atom. The zero-order chi connectivity index (χ0) is 5.82. The van der Waals surface area contributed by atoms with E-state index in [0.717, 1.165) is 5.75 Å². The number of benzene rings is 1. The average molecular weight is 291 g/mol. The molecule has 0 spiro atoms. The largest absolute Gasteiger partial charge is 2.00 e. The van der Waals surface area contributed by atoms with Gasteiger partial charge in [-0.3, -0.25) is 0 Å². The molecule has 1 aromatic rings. The Balaban J connectivity index is 0.000000640. The Labute approximate surface area is 69.3 Å². The quantitative estimate of drug-likeness (QED) is 0.718. The van der Waals surface area contributed by atoms with Crippen LogP contribution in [0.2, 0.25) is 0 Å². The van der Waals surface area contributed by atoms with Gasteiger partial charge in [-0.2, -0.15) is 7.11 Å². The Morgan fingerprint density at radius 3 is 2.00 bits per heavy atom. The van der Waals surface area contributed by atoms with Gasteiger partial charge in [-0.05, 0) is 12.1 Å². The van der Waals surface area contributed by atoms with Gasteiger partial charge in [0.25, 0.3) is 0 Å². The molecule has 0 radical (unpaired) electrons. The second-order valence-electron chi connectivity index (χ2n) is 1.46. The molecule has 0 saturated heterocycles. The van der Waals surface area contributed by atoms with Crippen molar-refractivity contribution < 1.29 is 25.8 Å². The molecule has 0 bridgehead atoms. The molecule has 1 nitrogen and oxygen atoms in total. The van der Waals surface area contributed by atoms with Gasteiger partial charge in [0.05, 0.1) is 5.75 Å². The van der Waals surface area contributed by atoms with Crippen LogP contribution in [0.1, 0.15) is 0 Å². The summed E-state index contributed by atoms with van der Waals surface area (Å²) in [7, 11) is 3.26. The van der Waals surface area contributed by atoms with E-state index in [4.69, 9.17) is 0 Å². The minimum atomic E-state index is 0. The van der Waals surface area contributed by atoms with E-state index < -0.39 is 0 Å². The summed E-state index contributed by atoms with van der Waals surface area (Å²) in [5, 5.41) is 0. The first-order valence-electron chi connectivity index (χ1n) is 2.40. The molecule has 0 aliphatic carbocycles. The van der Waals surface area contributed by atoms with Crippen molar-refractivity contribution in [1.82, 2.24) is 0 Å². The van der Waals surface area contributed by atoms with Crippen LogP contribution in [-0.4, -0.2) is 0 Å². The van der Waals surface area contributed by atoms with Crippen LogP contribution < -0.4 is 4.74 Å². The van der Waals surface area contributed by atoms with Gasteiger partial charge in [0.15, 0.2) is 0 Å². The van der Waals surface area contributed by atoms with E-state index in [1.807, 2.05) is 30.3 Å². The molecule has 0 saturated carbocycles. The molecule has 0 aromatic heterocycles. The summed E-state index contributed by atoms with van der Waals surface area (Å²) < 4.78 is 4.66. The zero-order valence-electron chi connectivity index (χ0n) is 4.91. The zero-order valence-corrected chi connectivity index (χ0v) is 7.84. The molecule has 0 amide bonds. The molecule has 0 N–H and O–H groups in total. The van der Waals surface area contributed by atoms with Gasteiger partial charge in [-0.25, -0.2) is 0 Å². The Bertz CT molecular complexity index is 150. The summed E-state index contributed by atoms with van der Waals surface area (Å²) in [4.78, 5) is 0. The third kappa shape index (κ3) is 2.66.